The monoisotopic (exact) mass is 440 g/mol. The molecule has 2 heterocycles. The maximum Gasteiger partial charge on any atom is 0.321 e. The molecule has 1 aromatic carbocycles. The van der Waals surface area contributed by atoms with E-state index < -0.39 is 17.2 Å². The molecule has 0 aliphatic carbocycles. The number of urea groups is 1. The smallest absolute Gasteiger partial charge is 0.321 e. The summed E-state index contributed by atoms with van der Waals surface area (Å²) in [6.45, 7) is 3.91. The molecule has 2 aromatic rings. The number of aromatic nitrogens is 1. The summed E-state index contributed by atoms with van der Waals surface area (Å²) in [7, 11) is 0. The van der Waals surface area contributed by atoms with Crippen LogP contribution in [0.15, 0.2) is 39.8 Å². The molecule has 0 saturated carbocycles. The van der Waals surface area contributed by atoms with Crippen LogP contribution in [0.25, 0.3) is 0 Å². The molecule has 1 unspecified atom stereocenters. The molecule has 1 aliphatic heterocycles. The van der Waals surface area contributed by atoms with E-state index in [1.165, 1.54) is 0 Å². The molecule has 10 heteroatoms. The average Bonchev–Trinajstić information content (AvgIpc) is 3.13. The number of amides is 2. The van der Waals surface area contributed by atoms with Crippen molar-refractivity contribution >= 4 is 34.7 Å². The van der Waals surface area contributed by atoms with Crippen molar-refractivity contribution in [2.75, 3.05) is 31.6 Å². The quantitative estimate of drug-likeness (QED) is 0.515. The molecule has 8 nitrogen and oxygen atoms in total. The second-order valence-corrected chi connectivity index (χ2v) is 9.10. The second kappa shape index (κ2) is 10.3. The van der Waals surface area contributed by atoms with Gasteiger partial charge in [0.05, 0.1) is 18.3 Å². The van der Waals surface area contributed by atoms with E-state index in [-0.39, 0.29) is 23.8 Å². The number of likely N-dealkylation sites (tertiary alicyclic amines) is 1. The van der Waals surface area contributed by atoms with Crippen LogP contribution in [-0.2, 0) is 17.6 Å². The molecule has 29 heavy (non-hydrogen) atoms. The summed E-state index contributed by atoms with van der Waals surface area (Å²) < 4.78 is 17.6. The summed E-state index contributed by atoms with van der Waals surface area (Å²) in [5.41, 5.74) is 0.752. The van der Waals surface area contributed by atoms with Gasteiger partial charge in [-0.05, 0) is 48.3 Å². The first kappa shape index (κ1) is 21.9. The standard InChI is InChI=1S/C19H25ClN4O4S/c1-2-14-9-18(28-23-14)22-19(26)21-15(12-25)7-8-24-10-17(11-24)29(27)16-5-3-13(20)4-6-16/h3-6,9,15,17,25H,2,7-8,10-12H2,1H3,(H2,21,22,26)/t15-,29?/m0/s1. The Labute approximate surface area is 177 Å². The van der Waals surface area contributed by atoms with Gasteiger partial charge in [0.25, 0.3) is 0 Å². The van der Waals surface area contributed by atoms with Gasteiger partial charge in [0.15, 0.2) is 4.90 Å². The Morgan fingerprint density at radius 2 is 2.17 bits per heavy atom. The topological polar surface area (TPSA) is 114 Å². The first-order valence-electron chi connectivity index (χ1n) is 9.51. The van der Waals surface area contributed by atoms with E-state index in [0.717, 1.165) is 23.7 Å². The molecular formula is C19H25ClN4O4S. The third kappa shape index (κ3) is 6.10. The van der Waals surface area contributed by atoms with Gasteiger partial charge in [-0.2, -0.15) is 0 Å². The highest BCUT2D eigenvalue weighted by Crippen LogP contribution is 2.25. The lowest BCUT2D eigenvalue weighted by Crippen LogP contribution is -2.55. The second-order valence-electron chi connectivity index (χ2n) is 6.94. The van der Waals surface area contributed by atoms with Gasteiger partial charge in [-0.1, -0.05) is 23.7 Å². The number of anilines is 1. The number of hydrogen-bond donors (Lipinski definition) is 3. The fraction of sp³-hybridized carbons (Fsp3) is 0.474. The van der Waals surface area contributed by atoms with Crippen LogP contribution in [0.3, 0.4) is 0 Å². The third-order valence-corrected chi connectivity index (χ3v) is 6.67. The van der Waals surface area contributed by atoms with Crippen LogP contribution < -0.4 is 10.6 Å². The fourth-order valence-corrected chi connectivity index (χ4v) is 4.63. The average molecular weight is 441 g/mol. The molecule has 3 N–H and O–H groups in total. The van der Waals surface area contributed by atoms with Crippen molar-refractivity contribution in [1.82, 2.24) is 15.4 Å². The lowest BCUT2D eigenvalue weighted by Gasteiger charge is -2.39. The number of benzene rings is 1. The van der Waals surface area contributed by atoms with Crippen molar-refractivity contribution in [3.05, 3.63) is 41.0 Å². The Hall–Kier alpha value is -1.78. The third-order valence-electron chi connectivity index (χ3n) is 4.78. The summed E-state index contributed by atoms with van der Waals surface area (Å²) in [4.78, 5) is 15.0. The zero-order valence-corrected chi connectivity index (χ0v) is 17.7. The van der Waals surface area contributed by atoms with Crippen LogP contribution in [0.2, 0.25) is 5.02 Å². The Morgan fingerprint density at radius 3 is 2.79 bits per heavy atom. The van der Waals surface area contributed by atoms with Crippen LogP contribution in [0, 0.1) is 0 Å². The van der Waals surface area contributed by atoms with Gasteiger partial charge in [0, 0.05) is 30.7 Å². The number of carbonyl (C=O) groups excluding carboxylic acids is 1. The van der Waals surface area contributed by atoms with E-state index >= 15 is 0 Å². The van der Waals surface area contributed by atoms with Crippen molar-refractivity contribution in [2.45, 2.75) is 36.0 Å². The first-order valence-corrected chi connectivity index (χ1v) is 11.1. The molecule has 1 aliphatic rings. The van der Waals surface area contributed by atoms with E-state index in [0.29, 0.717) is 24.4 Å². The summed E-state index contributed by atoms with van der Waals surface area (Å²) in [6.07, 6.45) is 1.30. The predicted octanol–water partition coefficient (Wildman–Crippen LogP) is 2.25. The summed E-state index contributed by atoms with van der Waals surface area (Å²) >= 11 is 4.81. The summed E-state index contributed by atoms with van der Waals surface area (Å²) in [6, 6.07) is 7.91. The Kier molecular flexibility index (Phi) is 7.79. The molecule has 0 bridgehead atoms. The van der Waals surface area contributed by atoms with E-state index in [1.807, 2.05) is 6.92 Å². The Balaban J connectivity index is 1.37. The maximum absolute atomic E-state index is 12.5. The molecule has 2 atom stereocenters. The van der Waals surface area contributed by atoms with Crippen LogP contribution in [0.5, 0.6) is 0 Å². The number of carbonyl (C=O) groups is 1. The minimum Gasteiger partial charge on any atom is -0.611 e. The fourth-order valence-electron chi connectivity index (χ4n) is 3.02. The zero-order valence-electron chi connectivity index (χ0n) is 16.1. The molecular weight excluding hydrogens is 416 g/mol. The van der Waals surface area contributed by atoms with Crippen LogP contribution in [-0.4, -0.2) is 63.3 Å². The number of aryl methyl sites for hydroxylation is 1. The van der Waals surface area contributed by atoms with Gasteiger partial charge in [-0.15, -0.1) is 0 Å². The van der Waals surface area contributed by atoms with Crippen molar-refractivity contribution in [3.63, 3.8) is 0 Å². The number of hydrogen-bond acceptors (Lipinski definition) is 6. The number of halogens is 1. The molecule has 2 amide bonds. The highest BCUT2D eigenvalue weighted by molar-refractivity contribution is 7.92. The molecule has 158 valence electrons. The Bertz CT molecular complexity index is 798. The molecule has 1 saturated heterocycles. The lowest BCUT2D eigenvalue weighted by atomic mass is 10.1. The zero-order chi connectivity index (χ0) is 20.8. The highest BCUT2D eigenvalue weighted by Gasteiger charge is 2.37. The van der Waals surface area contributed by atoms with Crippen LogP contribution >= 0.6 is 11.6 Å². The van der Waals surface area contributed by atoms with E-state index in [4.69, 9.17) is 16.1 Å². The molecule has 0 radical (unpaired) electrons. The van der Waals surface area contributed by atoms with Crippen LogP contribution in [0.4, 0.5) is 10.7 Å². The SMILES string of the molecule is CCc1cc(NC(=O)N[C@H](CO)CCN2CC([S+]([O-])c3ccc(Cl)cc3)C2)on1. The summed E-state index contributed by atoms with van der Waals surface area (Å²) in [5, 5.41) is 19.4. The van der Waals surface area contributed by atoms with Crippen molar-refractivity contribution in [3.8, 4) is 0 Å². The first-order chi connectivity index (χ1) is 14.0. The number of rotatable bonds is 9. The van der Waals surface area contributed by atoms with Gasteiger partial charge >= 0.3 is 6.03 Å². The number of nitrogens with one attached hydrogen (secondary N) is 2. The number of nitrogens with zero attached hydrogens (tertiary/aromatic N) is 2. The largest absolute Gasteiger partial charge is 0.611 e. The van der Waals surface area contributed by atoms with Gasteiger partial charge in [-0.25, -0.2) is 4.79 Å². The van der Waals surface area contributed by atoms with Gasteiger partial charge < -0.3 is 19.5 Å². The van der Waals surface area contributed by atoms with Gasteiger partial charge in [-0.3, -0.25) is 10.2 Å². The predicted molar refractivity (Wildman–Crippen MR) is 112 cm³/mol. The van der Waals surface area contributed by atoms with Crippen molar-refractivity contribution in [2.24, 2.45) is 0 Å². The maximum atomic E-state index is 12.5. The minimum absolute atomic E-state index is 0.0826. The number of aliphatic hydroxyl groups is 1. The highest BCUT2D eigenvalue weighted by atomic mass is 35.5. The summed E-state index contributed by atoms with van der Waals surface area (Å²) in [5.74, 6) is 0.270. The van der Waals surface area contributed by atoms with Gasteiger partial charge in [0.1, 0.15) is 5.25 Å². The normalized spacial score (nSPS) is 16.8. The molecule has 1 fully saturated rings. The molecule has 1 aromatic heterocycles. The van der Waals surface area contributed by atoms with E-state index in [2.05, 4.69) is 20.7 Å². The van der Waals surface area contributed by atoms with Crippen molar-refractivity contribution < 1.29 is 19.0 Å². The molecule has 0 spiro atoms. The van der Waals surface area contributed by atoms with Gasteiger partial charge in [0.2, 0.25) is 5.88 Å². The van der Waals surface area contributed by atoms with E-state index in [1.54, 1.807) is 30.3 Å². The Morgan fingerprint density at radius 1 is 1.45 bits per heavy atom. The number of aliphatic hydroxyl groups excluding tert-OH is 1. The van der Waals surface area contributed by atoms with E-state index in [9.17, 15) is 14.5 Å². The van der Waals surface area contributed by atoms with Crippen molar-refractivity contribution in [1.29, 1.82) is 0 Å². The lowest BCUT2D eigenvalue weighted by molar-refractivity contribution is 0.160. The minimum atomic E-state index is -1.06. The molecule has 3 rings (SSSR count). The van der Waals surface area contributed by atoms with Crippen LogP contribution in [0.1, 0.15) is 19.0 Å².